The number of hydrogen-bond donors (Lipinski definition) is 2. The summed E-state index contributed by atoms with van der Waals surface area (Å²) in [6, 6.07) is 3.65. The van der Waals surface area contributed by atoms with Crippen molar-refractivity contribution in [3.63, 3.8) is 0 Å². The van der Waals surface area contributed by atoms with Crippen LogP contribution in [-0.4, -0.2) is 12.2 Å². The Morgan fingerprint density at radius 2 is 1.90 bits per heavy atom. The summed E-state index contributed by atoms with van der Waals surface area (Å²) in [5.41, 5.74) is 2.35. The molecular weight excluding hydrogens is 274 g/mol. The largest absolute Gasteiger partial charge is 0.373 e. The van der Waals surface area contributed by atoms with E-state index in [4.69, 9.17) is 10.6 Å². The van der Waals surface area contributed by atoms with Gasteiger partial charge in [-0.2, -0.15) is 0 Å². The summed E-state index contributed by atoms with van der Waals surface area (Å²) in [7, 11) is 0. The maximum absolute atomic E-state index is 14.2. The van der Waals surface area contributed by atoms with Crippen molar-refractivity contribution >= 4 is 0 Å². The number of nitrogens with two attached hydrogens (primary N) is 1. The standard InChI is InChI=1S/C16H24F2N2O/c1-2-21-16(10-5-3-4-6-11-16)15(20-19)12-8-7-9-13(17)14(12)18/h7-9,15,20H,2-6,10-11,19H2,1H3. The molecule has 0 saturated heterocycles. The monoisotopic (exact) mass is 298 g/mol. The van der Waals surface area contributed by atoms with Gasteiger partial charge in [0, 0.05) is 12.2 Å². The Morgan fingerprint density at radius 3 is 2.48 bits per heavy atom. The second-order valence-electron chi connectivity index (χ2n) is 5.65. The molecule has 1 fully saturated rings. The molecule has 1 saturated carbocycles. The molecule has 1 aliphatic rings. The fraction of sp³-hybridized carbons (Fsp3) is 0.625. The summed E-state index contributed by atoms with van der Waals surface area (Å²) in [6.45, 7) is 2.44. The zero-order valence-corrected chi connectivity index (χ0v) is 12.5. The minimum Gasteiger partial charge on any atom is -0.373 e. The van der Waals surface area contributed by atoms with E-state index < -0.39 is 23.3 Å². The van der Waals surface area contributed by atoms with Gasteiger partial charge in [-0.25, -0.2) is 14.2 Å². The smallest absolute Gasteiger partial charge is 0.163 e. The van der Waals surface area contributed by atoms with E-state index in [1.807, 2.05) is 6.92 Å². The average Bonchev–Trinajstić information content (AvgIpc) is 2.71. The molecule has 3 nitrogen and oxygen atoms in total. The molecule has 1 aromatic carbocycles. The number of benzene rings is 1. The summed E-state index contributed by atoms with van der Waals surface area (Å²) in [4.78, 5) is 0. The predicted molar refractivity (Wildman–Crippen MR) is 78.5 cm³/mol. The van der Waals surface area contributed by atoms with Crippen LogP contribution >= 0.6 is 0 Å². The second-order valence-corrected chi connectivity index (χ2v) is 5.65. The van der Waals surface area contributed by atoms with Crippen LogP contribution in [0.3, 0.4) is 0 Å². The van der Waals surface area contributed by atoms with Crippen molar-refractivity contribution in [2.24, 2.45) is 5.84 Å². The minimum atomic E-state index is -0.854. The van der Waals surface area contributed by atoms with E-state index in [2.05, 4.69) is 5.43 Å². The van der Waals surface area contributed by atoms with Crippen molar-refractivity contribution in [2.75, 3.05) is 6.61 Å². The molecule has 1 aliphatic carbocycles. The van der Waals surface area contributed by atoms with Gasteiger partial charge in [-0.05, 0) is 25.8 Å². The van der Waals surface area contributed by atoms with Gasteiger partial charge in [-0.3, -0.25) is 5.84 Å². The molecule has 5 heteroatoms. The van der Waals surface area contributed by atoms with Crippen molar-refractivity contribution in [2.45, 2.75) is 57.1 Å². The van der Waals surface area contributed by atoms with Crippen LogP contribution in [0.5, 0.6) is 0 Å². The Bertz CT molecular complexity index is 460. The molecule has 118 valence electrons. The van der Waals surface area contributed by atoms with Crippen LogP contribution in [0, 0.1) is 11.6 Å². The average molecular weight is 298 g/mol. The lowest BCUT2D eigenvalue weighted by Gasteiger charge is -2.40. The maximum atomic E-state index is 14.2. The number of ether oxygens (including phenoxy) is 1. The zero-order valence-electron chi connectivity index (χ0n) is 12.5. The number of nitrogens with one attached hydrogen (secondary N) is 1. The molecule has 0 heterocycles. The zero-order chi connectivity index (χ0) is 15.3. The van der Waals surface area contributed by atoms with Crippen molar-refractivity contribution in [3.05, 3.63) is 35.4 Å². The lowest BCUT2D eigenvalue weighted by atomic mass is 9.82. The minimum absolute atomic E-state index is 0.243. The van der Waals surface area contributed by atoms with E-state index in [-0.39, 0.29) is 5.56 Å². The maximum Gasteiger partial charge on any atom is 0.163 e. The van der Waals surface area contributed by atoms with Crippen LogP contribution in [0.2, 0.25) is 0 Å². The number of rotatable bonds is 5. The molecule has 1 unspecified atom stereocenters. The Kier molecular flexibility index (Phi) is 5.67. The molecule has 21 heavy (non-hydrogen) atoms. The van der Waals surface area contributed by atoms with Crippen LogP contribution < -0.4 is 11.3 Å². The molecule has 1 atom stereocenters. The predicted octanol–water partition coefficient (Wildman–Crippen LogP) is 3.60. The van der Waals surface area contributed by atoms with Gasteiger partial charge in [0.1, 0.15) is 0 Å². The highest BCUT2D eigenvalue weighted by atomic mass is 19.2. The third-order valence-electron chi connectivity index (χ3n) is 4.37. The van der Waals surface area contributed by atoms with Crippen molar-refractivity contribution in [3.8, 4) is 0 Å². The number of hydrazine groups is 1. The molecule has 0 radical (unpaired) electrons. The van der Waals surface area contributed by atoms with Gasteiger partial charge in [-0.15, -0.1) is 0 Å². The summed E-state index contributed by atoms with van der Waals surface area (Å²) in [5, 5.41) is 0. The first kappa shape index (κ1) is 16.3. The van der Waals surface area contributed by atoms with E-state index in [1.165, 1.54) is 6.07 Å². The molecule has 0 aromatic heterocycles. The van der Waals surface area contributed by atoms with Crippen LogP contribution in [0.1, 0.15) is 57.1 Å². The van der Waals surface area contributed by atoms with Crippen molar-refractivity contribution in [1.82, 2.24) is 5.43 Å². The van der Waals surface area contributed by atoms with Gasteiger partial charge in [-0.1, -0.05) is 37.8 Å². The van der Waals surface area contributed by atoms with E-state index in [1.54, 1.807) is 6.07 Å². The molecule has 0 aliphatic heterocycles. The van der Waals surface area contributed by atoms with Crippen molar-refractivity contribution < 1.29 is 13.5 Å². The Morgan fingerprint density at radius 1 is 1.24 bits per heavy atom. The SMILES string of the molecule is CCOC1(C(NN)c2cccc(F)c2F)CCCCCC1. The molecule has 0 amide bonds. The molecule has 2 rings (SSSR count). The molecule has 1 aromatic rings. The lowest BCUT2D eigenvalue weighted by molar-refractivity contribution is -0.0790. The summed E-state index contributed by atoms with van der Waals surface area (Å²) in [6.07, 6.45) is 5.89. The van der Waals surface area contributed by atoms with Gasteiger partial charge in [0.15, 0.2) is 11.6 Å². The summed E-state index contributed by atoms with van der Waals surface area (Å²) in [5.74, 6) is 4.00. The lowest BCUT2D eigenvalue weighted by Crippen LogP contribution is -2.49. The quantitative estimate of drug-likeness (QED) is 0.496. The summed E-state index contributed by atoms with van der Waals surface area (Å²) < 4.78 is 33.8. The third-order valence-corrected chi connectivity index (χ3v) is 4.37. The molecule has 0 bridgehead atoms. The normalized spacial score (nSPS) is 20.0. The first-order valence-corrected chi connectivity index (χ1v) is 7.68. The van der Waals surface area contributed by atoms with Gasteiger partial charge in [0.2, 0.25) is 0 Å². The second kappa shape index (κ2) is 7.29. The van der Waals surface area contributed by atoms with Crippen LogP contribution in [-0.2, 0) is 4.74 Å². The van der Waals surface area contributed by atoms with Gasteiger partial charge in [0.25, 0.3) is 0 Å². The Labute approximate surface area is 124 Å². The number of halogens is 2. The molecular formula is C16H24F2N2O. The highest BCUT2D eigenvalue weighted by Crippen LogP contribution is 2.41. The molecule has 0 spiro atoms. The van der Waals surface area contributed by atoms with Gasteiger partial charge < -0.3 is 4.74 Å². The third kappa shape index (κ3) is 3.42. The topological polar surface area (TPSA) is 47.3 Å². The summed E-state index contributed by atoms with van der Waals surface area (Å²) >= 11 is 0. The van der Waals surface area contributed by atoms with E-state index in [9.17, 15) is 8.78 Å². The highest BCUT2D eigenvalue weighted by Gasteiger charge is 2.41. The highest BCUT2D eigenvalue weighted by molar-refractivity contribution is 5.25. The van der Waals surface area contributed by atoms with Gasteiger partial charge in [0.05, 0.1) is 11.6 Å². The van der Waals surface area contributed by atoms with Crippen LogP contribution in [0.15, 0.2) is 18.2 Å². The first-order chi connectivity index (χ1) is 10.1. The fourth-order valence-electron chi connectivity index (χ4n) is 3.40. The molecule has 3 N–H and O–H groups in total. The Balaban J connectivity index is 2.41. The van der Waals surface area contributed by atoms with E-state index in [0.29, 0.717) is 6.61 Å². The first-order valence-electron chi connectivity index (χ1n) is 7.68. The van der Waals surface area contributed by atoms with Crippen LogP contribution in [0.25, 0.3) is 0 Å². The van der Waals surface area contributed by atoms with E-state index >= 15 is 0 Å². The van der Waals surface area contributed by atoms with Gasteiger partial charge >= 0.3 is 0 Å². The van der Waals surface area contributed by atoms with Crippen LogP contribution in [0.4, 0.5) is 8.78 Å². The van der Waals surface area contributed by atoms with Crippen molar-refractivity contribution in [1.29, 1.82) is 0 Å². The number of hydrogen-bond acceptors (Lipinski definition) is 3. The Hall–Kier alpha value is -1.04. The van der Waals surface area contributed by atoms with E-state index in [0.717, 1.165) is 44.6 Å². The fourth-order valence-corrected chi connectivity index (χ4v) is 3.40.